The summed E-state index contributed by atoms with van der Waals surface area (Å²) in [4.78, 5) is 11.8. The quantitative estimate of drug-likeness (QED) is 0.850. The molecule has 1 amide bonds. The van der Waals surface area contributed by atoms with Crippen molar-refractivity contribution >= 4 is 11.6 Å². The second kappa shape index (κ2) is 4.13. The van der Waals surface area contributed by atoms with E-state index in [2.05, 4.69) is 5.32 Å². The fourth-order valence-corrected chi connectivity index (χ4v) is 1.77. The number of halogens is 1. The Kier molecular flexibility index (Phi) is 2.94. The molecule has 3 heteroatoms. The molecule has 1 fully saturated rings. The van der Waals surface area contributed by atoms with Crippen LogP contribution in [-0.4, -0.2) is 5.91 Å². The van der Waals surface area contributed by atoms with Crippen LogP contribution in [0.1, 0.15) is 45.1 Å². The van der Waals surface area contributed by atoms with Crippen molar-refractivity contribution in [3.05, 3.63) is 29.6 Å². The van der Waals surface area contributed by atoms with E-state index in [1.165, 1.54) is 6.07 Å². The molecule has 0 saturated heterocycles. The molecule has 0 bridgehead atoms. The maximum absolute atomic E-state index is 13.7. The molecule has 0 atom stereocenters. The standard InChI is InChI=1S/C14H18FNO/c1-9(2)11-5-4-10(8-12(11)15)16-13(17)14(3)6-7-14/h4-5,8-9H,6-7H2,1-3H3,(H,16,17). The van der Waals surface area contributed by atoms with Crippen LogP contribution >= 0.6 is 0 Å². The van der Waals surface area contributed by atoms with Crippen molar-refractivity contribution < 1.29 is 9.18 Å². The third-order valence-electron chi connectivity index (χ3n) is 3.43. The van der Waals surface area contributed by atoms with Gasteiger partial charge >= 0.3 is 0 Å². The maximum atomic E-state index is 13.7. The lowest BCUT2D eigenvalue weighted by molar-refractivity contribution is -0.120. The van der Waals surface area contributed by atoms with E-state index in [-0.39, 0.29) is 23.1 Å². The molecule has 92 valence electrons. The Morgan fingerprint density at radius 3 is 2.53 bits per heavy atom. The first kappa shape index (κ1) is 12.1. The Morgan fingerprint density at radius 1 is 1.41 bits per heavy atom. The Morgan fingerprint density at radius 2 is 2.06 bits per heavy atom. The predicted molar refractivity (Wildman–Crippen MR) is 66.5 cm³/mol. The third-order valence-corrected chi connectivity index (χ3v) is 3.43. The average Bonchev–Trinajstić information content (AvgIpc) is 2.97. The number of anilines is 1. The molecule has 1 saturated carbocycles. The van der Waals surface area contributed by atoms with Gasteiger partial charge in [-0.1, -0.05) is 26.8 Å². The van der Waals surface area contributed by atoms with Crippen molar-refractivity contribution in [3.8, 4) is 0 Å². The average molecular weight is 235 g/mol. The highest BCUT2D eigenvalue weighted by atomic mass is 19.1. The number of hydrogen-bond acceptors (Lipinski definition) is 1. The van der Waals surface area contributed by atoms with Crippen molar-refractivity contribution in [1.29, 1.82) is 0 Å². The minimum Gasteiger partial charge on any atom is -0.326 e. The lowest BCUT2D eigenvalue weighted by Gasteiger charge is -2.12. The summed E-state index contributed by atoms with van der Waals surface area (Å²) in [5, 5.41) is 2.77. The first-order valence-corrected chi connectivity index (χ1v) is 6.03. The van der Waals surface area contributed by atoms with Gasteiger partial charge in [-0.05, 0) is 36.5 Å². The largest absolute Gasteiger partial charge is 0.326 e. The molecule has 1 N–H and O–H groups in total. The van der Waals surface area contributed by atoms with Crippen molar-refractivity contribution in [3.63, 3.8) is 0 Å². The van der Waals surface area contributed by atoms with Crippen LogP contribution < -0.4 is 5.32 Å². The summed E-state index contributed by atoms with van der Waals surface area (Å²) in [6.07, 6.45) is 1.84. The van der Waals surface area contributed by atoms with E-state index < -0.39 is 0 Å². The van der Waals surface area contributed by atoms with Gasteiger partial charge in [0.05, 0.1) is 0 Å². The lowest BCUT2D eigenvalue weighted by atomic mass is 10.0. The van der Waals surface area contributed by atoms with Crippen LogP contribution in [0.25, 0.3) is 0 Å². The van der Waals surface area contributed by atoms with Crippen LogP contribution in [0.2, 0.25) is 0 Å². The summed E-state index contributed by atoms with van der Waals surface area (Å²) in [6, 6.07) is 4.91. The number of carbonyl (C=O) groups is 1. The zero-order valence-corrected chi connectivity index (χ0v) is 10.5. The Bertz CT molecular complexity index is 450. The Hall–Kier alpha value is -1.38. The van der Waals surface area contributed by atoms with Crippen molar-refractivity contribution in [2.45, 2.75) is 39.5 Å². The number of nitrogens with one attached hydrogen (secondary N) is 1. The second-order valence-corrected chi connectivity index (χ2v) is 5.41. The molecule has 1 aromatic carbocycles. The molecule has 0 heterocycles. The maximum Gasteiger partial charge on any atom is 0.230 e. The molecular weight excluding hydrogens is 217 g/mol. The van der Waals surface area contributed by atoms with Crippen LogP contribution in [0.4, 0.5) is 10.1 Å². The van der Waals surface area contributed by atoms with Crippen LogP contribution in [-0.2, 0) is 4.79 Å². The van der Waals surface area contributed by atoms with Crippen LogP contribution in [0, 0.1) is 11.2 Å². The van der Waals surface area contributed by atoms with Gasteiger partial charge in [-0.25, -0.2) is 4.39 Å². The topological polar surface area (TPSA) is 29.1 Å². The zero-order valence-electron chi connectivity index (χ0n) is 10.5. The lowest BCUT2D eigenvalue weighted by Crippen LogP contribution is -2.21. The van der Waals surface area contributed by atoms with Gasteiger partial charge < -0.3 is 5.32 Å². The summed E-state index contributed by atoms with van der Waals surface area (Å²) in [6.45, 7) is 5.82. The summed E-state index contributed by atoms with van der Waals surface area (Å²) in [5.41, 5.74) is 0.998. The van der Waals surface area contributed by atoms with Gasteiger partial charge in [-0.2, -0.15) is 0 Å². The summed E-state index contributed by atoms with van der Waals surface area (Å²) in [7, 11) is 0. The highest BCUT2D eigenvalue weighted by Crippen LogP contribution is 2.45. The molecule has 17 heavy (non-hydrogen) atoms. The minimum atomic E-state index is -0.251. The molecule has 1 aliphatic carbocycles. The van der Waals surface area contributed by atoms with Gasteiger partial charge in [0.2, 0.25) is 5.91 Å². The smallest absolute Gasteiger partial charge is 0.230 e. The Labute approximate surface area is 101 Å². The SMILES string of the molecule is CC(C)c1ccc(NC(=O)C2(C)CC2)cc1F. The zero-order chi connectivity index (χ0) is 12.6. The van der Waals surface area contributed by atoms with Crippen LogP contribution in [0.3, 0.4) is 0 Å². The monoisotopic (exact) mass is 235 g/mol. The van der Waals surface area contributed by atoms with E-state index in [0.717, 1.165) is 12.8 Å². The van der Waals surface area contributed by atoms with E-state index in [9.17, 15) is 9.18 Å². The molecule has 0 spiro atoms. The van der Waals surface area contributed by atoms with E-state index in [1.54, 1.807) is 12.1 Å². The summed E-state index contributed by atoms with van der Waals surface area (Å²) < 4.78 is 13.7. The fraction of sp³-hybridized carbons (Fsp3) is 0.500. The van der Waals surface area contributed by atoms with E-state index >= 15 is 0 Å². The predicted octanol–water partition coefficient (Wildman–Crippen LogP) is 3.69. The first-order chi connectivity index (χ1) is 7.92. The number of benzene rings is 1. The molecule has 2 rings (SSSR count). The van der Waals surface area contributed by atoms with E-state index in [4.69, 9.17) is 0 Å². The van der Waals surface area contributed by atoms with E-state index in [0.29, 0.717) is 11.3 Å². The van der Waals surface area contributed by atoms with Gasteiger partial charge in [0.25, 0.3) is 0 Å². The van der Waals surface area contributed by atoms with Crippen LogP contribution in [0.15, 0.2) is 18.2 Å². The van der Waals surface area contributed by atoms with Crippen molar-refractivity contribution in [1.82, 2.24) is 0 Å². The summed E-state index contributed by atoms with van der Waals surface area (Å²) >= 11 is 0. The highest BCUT2D eigenvalue weighted by molar-refractivity contribution is 5.96. The molecule has 0 aliphatic heterocycles. The van der Waals surface area contributed by atoms with Gasteiger partial charge in [-0.3, -0.25) is 4.79 Å². The van der Waals surface area contributed by atoms with Crippen LogP contribution in [0.5, 0.6) is 0 Å². The van der Waals surface area contributed by atoms with Gasteiger partial charge in [0, 0.05) is 11.1 Å². The van der Waals surface area contributed by atoms with Crippen molar-refractivity contribution in [2.24, 2.45) is 5.41 Å². The number of hydrogen-bond donors (Lipinski definition) is 1. The fourth-order valence-electron chi connectivity index (χ4n) is 1.77. The molecule has 1 aliphatic rings. The molecule has 2 nitrogen and oxygen atoms in total. The Balaban J connectivity index is 2.12. The normalized spacial score (nSPS) is 17.0. The first-order valence-electron chi connectivity index (χ1n) is 6.03. The minimum absolute atomic E-state index is 0.00537. The van der Waals surface area contributed by atoms with Crippen molar-refractivity contribution in [2.75, 3.05) is 5.32 Å². The summed E-state index contributed by atoms with van der Waals surface area (Å²) in [5.74, 6) is -0.103. The van der Waals surface area contributed by atoms with E-state index in [1.807, 2.05) is 20.8 Å². The molecule has 0 unspecified atom stereocenters. The third kappa shape index (κ3) is 2.48. The van der Waals surface area contributed by atoms with Gasteiger partial charge in [0.1, 0.15) is 5.82 Å². The molecule has 0 radical (unpaired) electrons. The molecule has 0 aromatic heterocycles. The molecule has 1 aromatic rings. The van der Waals surface area contributed by atoms with Gasteiger partial charge in [-0.15, -0.1) is 0 Å². The van der Waals surface area contributed by atoms with Gasteiger partial charge in [0.15, 0.2) is 0 Å². The highest BCUT2D eigenvalue weighted by Gasteiger charge is 2.44. The number of rotatable bonds is 3. The number of amides is 1. The second-order valence-electron chi connectivity index (χ2n) is 5.41. The molecular formula is C14H18FNO. The number of carbonyl (C=O) groups excluding carboxylic acids is 1.